The molecule has 0 N–H and O–H groups in total. The van der Waals surface area contributed by atoms with E-state index in [1.807, 2.05) is 0 Å². The first-order valence-corrected chi connectivity index (χ1v) is 9.59. The number of hydrogen-bond acceptors (Lipinski definition) is 2. The lowest BCUT2D eigenvalue weighted by atomic mass is 9.52. The average Bonchev–Trinajstić information content (AvgIpc) is 2.43. The minimum Gasteiger partial charge on any atom is -0.300 e. The zero-order valence-electron chi connectivity index (χ0n) is 16.3. The van der Waals surface area contributed by atoms with Crippen molar-refractivity contribution in [2.45, 2.75) is 99.3 Å². The Morgan fingerprint density at radius 2 is 1.48 bits per heavy atom. The van der Waals surface area contributed by atoms with E-state index in [9.17, 15) is 9.59 Å². The zero-order valence-corrected chi connectivity index (χ0v) is 16.3. The summed E-state index contributed by atoms with van der Waals surface area (Å²) in [5, 5.41) is 0. The summed E-state index contributed by atoms with van der Waals surface area (Å²) in [7, 11) is 0. The van der Waals surface area contributed by atoms with Crippen LogP contribution in [0.2, 0.25) is 0 Å². The first-order chi connectivity index (χ1) is 10.6. The molecule has 0 saturated heterocycles. The molecule has 1 rings (SSSR count). The molecule has 2 nitrogen and oxygen atoms in total. The summed E-state index contributed by atoms with van der Waals surface area (Å²) in [6.45, 7) is 13.2. The van der Waals surface area contributed by atoms with Crippen molar-refractivity contribution in [2.24, 2.45) is 22.7 Å². The maximum atomic E-state index is 12.2. The van der Waals surface area contributed by atoms with Crippen molar-refractivity contribution in [1.29, 1.82) is 0 Å². The Morgan fingerprint density at radius 3 is 1.91 bits per heavy atom. The van der Waals surface area contributed by atoms with Crippen molar-refractivity contribution in [3.63, 3.8) is 0 Å². The molecule has 0 aromatic heterocycles. The molecule has 0 radical (unpaired) electrons. The van der Waals surface area contributed by atoms with E-state index in [0.717, 1.165) is 38.5 Å². The summed E-state index contributed by atoms with van der Waals surface area (Å²) in [6.07, 6.45) is 8.29. The third-order valence-electron chi connectivity index (χ3n) is 5.83. The Morgan fingerprint density at radius 1 is 0.957 bits per heavy atom. The highest BCUT2D eigenvalue weighted by molar-refractivity contribution is 5.80. The number of ketones is 2. The number of rotatable bonds is 10. The molecule has 0 aliphatic heterocycles. The third kappa shape index (κ3) is 6.77. The first kappa shape index (κ1) is 20.4. The topological polar surface area (TPSA) is 34.1 Å². The fraction of sp³-hybridized carbons (Fsp3) is 0.905. The number of hydrogen-bond donors (Lipinski definition) is 0. The predicted molar refractivity (Wildman–Crippen MR) is 97.5 cm³/mol. The molecule has 2 atom stereocenters. The molecular formula is C21H38O2. The summed E-state index contributed by atoms with van der Waals surface area (Å²) in [4.78, 5) is 24.3. The van der Waals surface area contributed by atoms with Crippen molar-refractivity contribution < 1.29 is 9.59 Å². The largest absolute Gasteiger partial charge is 0.300 e. The normalized spacial score (nSPS) is 23.4. The van der Waals surface area contributed by atoms with E-state index in [-0.39, 0.29) is 10.8 Å². The van der Waals surface area contributed by atoms with Crippen molar-refractivity contribution in [2.75, 3.05) is 0 Å². The fourth-order valence-electron chi connectivity index (χ4n) is 3.66. The van der Waals surface area contributed by atoms with Gasteiger partial charge in [-0.3, -0.25) is 9.59 Å². The lowest BCUT2D eigenvalue weighted by Crippen LogP contribution is -2.46. The molecule has 0 bridgehead atoms. The van der Waals surface area contributed by atoms with Crippen molar-refractivity contribution >= 4 is 11.6 Å². The minimum absolute atomic E-state index is 0.151. The lowest BCUT2D eigenvalue weighted by Gasteiger charge is -2.52. The molecule has 0 aromatic rings. The van der Waals surface area contributed by atoms with Gasteiger partial charge in [-0.1, -0.05) is 54.4 Å². The van der Waals surface area contributed by atoms with E-state index < -0.39 is 0 Å². The van der Waals surface area contributed by atoms with Crippen LogP contribution in [-0.2, 0) is 9.59 Å². The van der Waals surface area contributed by atoms with Gasteiger partial charge in [-0.15, -0.1) is 0 Å². The van der Waals surface area contributed by atoms with E-state index in [4.69, 9.17) is 0 Å². The van der Waals surface area contributed by atoms with Gasteiger partial charge in [-0.05, 0) is 41.9 Å². The predicted octanol–water partition coefficient (Wildman–Crippen LogP) is 5.97. The molecule has 0 heterocycles. The van der Waals surface area contributed by atoms with Crippen LogP contribution in [0.25, 0.3) is 0 Å². The van der Waals surface area contributed by atoms with Crippen LogP contribution in [-0.4, -0.2) is 11.6 Å². The quantitative estimate of drug-likeness (QED) is 0.464. The fourth-order valence-corrected chi connectivity index (χ4v) is 3.66. The first-order valence-electron chi connectivity index (χ1n) is 9.59. The molecule has 0 unspecified atom stereocenters. The Labute approximate surface area is 143 Å². The van der Waals surface area contributed by atoms with Gasteiger partial charge in [0.15, 0.2) is 0 Å². The molecule has 0 aromatic carbocycles. The summed E-state index contributed by atoms with van der Waals surface area (Å²) >= 11 is 0. The third-order valence-corrected chi connectivity index (χ3v) is 5.83. The number of unbranched alkanes of at least 4 members (excludes halogenated alkanes) is 2. The Hall–Kier alpha value is -0.660. The Kier molecular flexibility index (Phi) is 7.48. The van der Waals surface area contributed by atoms with Crippen LogP contribution in [0.4, 0.5) is 0 Å². The van der Waals surface area contributed by atoms with Crippen LogP contribution in [0, 0.1) is 22.7 Å². The van der Waals surface area contributed by atoms with Gasteiger partial charge in [0.1, 0.15) is 11.6 Å². The van der Waals surface area contributed by atoms with Crippen molar-refractivity contribution in [3.8, 4) is 0 Å². The maximum Gasteiger partial charge on any atom is 0.133 e. The van der Waals surface area contributed by atoms with E-state index in [1.54, 1.807) is 0 Å². The second-order valence-corrected chi connectivity index (χ2v) is 9.45. The van der Waals surface area contributed by atoms with Crippen LogP contribution < -0.4 is 0 Å². The second kappa shape index (κ2) is 8.44. The smallest absolute Gasteiger partial charge is 0.133 e. The van der Waals surface area contributed by atoms with Gasteiger partial charge in [0.2, 0.25) is 0 Å². The SMILES string of the molecule is CCCCCC(=O)C[C@H]1C[C@@H](CC(=O)CCC(C)(C)C)C1(C)C. The van der Waals surface area contributed by atoms with Crippen molar-refractivity contribution in [3.05, 3.63) is 0 Å². The van der Waals surface area contributed by atoms with Crippen LogP contribution in [0.15, 0.2) is 0 Å². The number of carbonyl (C=O) groups is 2. The molecule has 23 heavy (non-hydrogen) atoms. The molecule has 1 fully saturated rings. The molecule has 134 valence electrons. The van der Waals surface area contributed by atoms with Crippen molar-refractivity contribution in [1.82, 2.24) is 0 Å². The minimum atomic E-state index is 0.151. The van der Waals surface area contributed by atoms with E-state index in [0.29, 0.717) is 36.2 Å². The van der Waals surface area contributed by atoms with Gasteiger partial charge < -0.3 is 0 Å². The number of Topliss-reactive ketones (excluding diaryl/α,β-unsaturated/α-hetero) is 2. The Bertz CT molecular complexity index is 401. The summed E-state index contributed by atoms with van der Waals surface area (Å²) in [6, 6.07) is 0. The monoisotopic (exact) mass is 322 g/mol. The average molecular weight is 323 g/mol. The standard InChI is InChI=1S/C21H38O2/c1-7-8-9-10-18(22)14-16-13-17(21(16,5)6)15-19(23)11-12-20(2,3)4/h16-17H,7-15H2,1-6H3/t16-,17+/m1/s1. The molecule has 2 heteroatoms. The molecule has 1 aliphatic rings. The summed E-state index contributed by atoms with van der Waals surface area (Å²) in [5.41, 5.74) is 0.385. The lowest BCUT2D eigenvalue weighted by molar-refractivity contribution is -0.129. The van der Waals surface area contributed by atoms with Crippen LogP contribution >= 0.6 is 0 Å². The van der Waals surface area contributed by atoms with E-state index in [1.165, 1.54) is 6.42 Å². The van der Waals surface area contributed by atoms with Crippen LogP contribution in [0.5, 0.6) is 0 Å². The highest BCUT2D eigenvalue weighted by atomic mass is 16.1. The molecule has 0 amide bonds. The van der Waals surface area contributed by atoms with Gasteiger partial charge in [-0.2, -0.15) is 0 Å². The van der Waals surface area contributed by atoms with Gasteiger partial charge in [0, 0.05) is 25.7 Å². The Balaban J connectivity index is 2.34. The maximum absolute atomic E-state index is 12.2. The van der Waals surface area contributed by atoms with Gasteiger partial charge in [0.05, 0.1) is 0 Å². The van der Waals surface area contributed by atoms with Gasteiger partial charge >= 0.3 is 0 Å². The zero-order chi connectivity index (χ0) is 17.7. The second-order valence-electron chi connectivity index (χ2n) is 9.45. The summed E-state index contributed by atoms with van der Waals surface area (Å²) in [5.74, 6) is 1.79. The summed E-state index contributed by atoms with van der Waals surface area (Å²) < 4.78 is 0. The molecule has 1 aliphatic carbocycles. The van der Waals surface area contributed by atoms with Crippen LogP contribution in [0.3, 0.4) is 0 Å². The van der Waals surface area contributed by atoms with E-state index in [2.05, 4.69) is 41.5 Å². The molecular weight excluding hydrogens is 284 g/mol. The number of carbonyl (C=O) groups excluding carboxylic acids is 2. The molecule has 1 saturated carbocycles. The molecule has 0 spiro atoms. The van der Waals surface area contributed by atoms with Gasteiger partial charge in [0.25, 0.3) is 0 Å². The highest BCUT2D eigenvalue weighted by Gasteiger charge is 2.48. The highest BCUT2D eigenvalue weighted by Crippen LogP contribution is 2.54. The van der Waals surface area contributed by atoms with Crippen LogP contribution in [0.1, 0.15) is 99.3 Å². The van der Waals surface area contributed by atoms with Gasteiger partial charge in [-0.25, -0.2) is 0 Å². The van der Waals surface area contributed by atoms with E-state index >= 15 is 0 Å².